The van der Waals surface area contributed by atoms with E-state index in [1.165, 1.54) is 0 Å². The topological polar surface area (TPSA) is 86.9 Å². The Labute approximate surface area is 114 Å². The summed E-state index contributed by atoms with van der Waals surface area (Å²) in [4.78, 5) is 0.299. The molecule has 1 aliphatic rings. The van der Waals surface area contributed by atoms with Crippen LogP contribution in [0.4, 0.5) is 0 Å². The summed E-state index contributed by atoms with van der Waals surface area (Å²) in [6, 6.07) is 0.373. The quantitative estimate of drug-likeness (QED) is 0.729. The number of hydrogen-bond donors (Lipinski definition) is 3. The Morgan fingerprint density at radius 1 is 1.42 bits per heavy atom. The van der Waals surface area contributed by atoms with Gasteiger partial charge in [0.25, 0.3) is 0 Å². The highest BCUT2D eigenvalue weighted by Gasteiger charge is 2.29. The number of hydrogen-bond acceptors (Lipinski definition) is 4. The first-order valence-corrected chi connectivity index (χ1v) is 8.18. The number of rotatable bonds is 6. The molecule has 1 saturated carbocycles. The van der Waals surface area contributed by atoms with Crippen LogP contribution in [0.2, 0.25) is 0 Å². The fourth-order valence-electron chi connectivity index (χ4n) is 2.05. The smallest absolute Gasteiger partial charge is 0.244 e. The second-order valence-electron chi connectivity index (χ2n) is 5.41. The van der Waals surface area contributed by atoms with Crippen LogP contribution in [0.15, 0.2) is 4.90 Å². The molecule has 108 valence electrons. The third-order valence-electron chi connectivity index (χ3n) is 3.33. The van der Waals surface area contributed by atoms with Gasteiger partial charge in [-0.2, -0.15) is 5.10 Å². The summed E-state index contributed by atoms with van der Waals surface area (Å²) in [5, 5.41) is 10.1. The molecule has 0 amide bonds. The van der Waals surface area contributed by atoms with Crippen LogP contribution in [0.25, 0.3) is 0 Å². The van der Waals surface area contributed by atoms with E-state index in [-0.39, 0.29) is 12.1 Å². The van der Waals surface area contributed by atoms with Gasteiger partial charge in [-0.15, -0.1) is 0 Å². The summed E-state index contributed by atoms with van der Waals surface area (Å²) < 4.78 is 27.5. The number of sulfonamides is 1. The molecule has 0 aliphatic heterocycles. The standard InChI is InChI=1S/C12H22N4O2S/c1-8(2)13-7-11-12(9(3)14-15-11)19(17,18)16-10-5-4-6-10/h8,10,13,16H,4-7H2,1-3H3,(H,14,15). The van der Waals surface area contributed by atoms with Gasteiger partial charge in [-0.1, -0.05) is 20.3 Å². The van der Waals surface area contributed by atoms with Crippen molar-refractivity contribution in [3.63, 3.8) is 0 Å². The van der Waals surface area contributed by atoms with Crippen molar-refractivity contribution in [1.29, 1.82) is 0 Å². The second kappa shape index (κ2) is 5.60. The Balaban J connectivity index is 2.19. The monoisotopic (exact) mass is 286 g/mol. The van der Waals surface area contributed by atoms with Crippen LogP contribution < -0.4 is 10.0 Å². The summed E-state index contributed by atoms with van der Waals surface area (Å²) in [5.41, 5.74) is 1.14. The zero-order valence-corrected chi connectivity index (χ0v) is 12.5. The molecule has 0 bridgehead atoms. The number of aryl methyl sites for hydroxylation is 1. The number of nitrogens with one attached hydrogen (secondary N) is 3. The van der Waals surface area contributed by atoms with Crippen LogP contribution in [0.3, 0.4) is 0 Å². The highest BCUT2D eigenvalue weighted by atomic mass is 32.2. The van der Waals surface area contributed by atoms with E-state index in [9.17, 15) is 8.42 Å². The summed E-state index contributed by atoms with van der Waals surface area (Å²) in [6.45, 7) is 6.21. The van der Waals surface area contributed by atoms with Crippen molar-refractivity contribution in [2.45, 2.75) is 63.6 Å². The highest BCUT2D eigenvalue weighted by Crippen LogP contribution is 2.23. The molecule has 1 aliphatic carbocycles. The van der Waals surface area contributed by atoms with E-state index in [1.54, 1.807) is 6.92 Å². The first kappa shape index (κ1) is 14.5. The summed E-state index contributed by atoms with van der Waals surface area (Å²) in [7, 11) is -3.47. The van der Waals surface area contributed by atoms with Gasteiger partial charge in [-0.3, -0.25) is 5.10 Å². The maximum Gasteiger partial charge on any atom is 0.244 e. The average Bonchev–Trinajstić information content (AvgIpc) is 2.63. The van der Waals surface area contributed by atoms with Crippen LogP contribution in [0.5, 0.6) is 0 Å². The molecule has 19 heavy (non-hydrogen) atoms. The van der Waals surface area contributed by atoms with Crippen molar-refractivity contribution in [2.75, 3.05) is 0 Å². The molecule has 1 aromatic rings. The van der Waals surface area contributed by atoms with Gasteiger partial charge in [-0.25, -0.2) is 13.1 Å². The van der Waals surface area contributed by atoms with E-state index in [0.29, 0.717) is 22.8 Å². The van der Waals surface area contributed by atoms with Gasteiger partial charge >= 0.3 is 0 Å². The first-order chi connectivity index (χ1) is 8.90. The Hall–Kier alpha value is -0.920. The number of H-pyrrole nitrogens is 1. The minimum absolute atomic E-state index is 0.0882. The van der Waals surface area contributed by atoms with Crippen LogP contribution in [0, 0.1) is 6.92 Å². The largest absolute Gasteiger partial charge is 0.309 e. The third-order valence-corrected chi connectivity index (χ3v) is 5.06. The summed E-state index contributed by atoms with van der Waals surface area (Å²) >= 11 is 0. The molecule has 0 aromatic carbocycles. The molecule has 1 heterocycles. The molecule has 1 aromatic heterocycles. The minimum atomic E-state index is -3.47. The predicted molar refractivity (Wildman–Crippen MR) is 73.3 cm³/mol. The van der Waals surface area contributed by atoms with Crippen molar-refractivity contribution in [1.82, 2.24) is 20.2 Å². The van der Waals surface area contributed by atoms with Gasteiger partial charge in [-0.05, 0) is 19.8 Å². The zero-order chi connectivity index (χ0) is 14.0. The Morgan fingerprint density at radius 2 is 2.11 bits per heavy atom. The van der Waals surface area contributed by atoms with Crippen LogP contribution in [-0.4, -0.2) is 30.7 Å². The molecule has 0 saturated heterocycles. The molecule has 0 spiro atoms. The average molecular weight is 286 g/mol. The molecular weight excluding hydrogens is 264 g/mol. The fraction of sp³-hybridized carbons (Fsp3) is 0.750. The number of nitrogens with zero attached hydrogens (tertiary/aromatic N) is 1. The minimum Gasteiger partial charge on any atom is -0.309 e. The van der Waals surface area contributed by atoms with Crippen molar-refractivity contribution in [3.05, 3.63) is 11.4 Å². The molecule has 2 rings (SSSR count). The number of aromatic nitrogens is 2. The Kier molecular flexibility index (Phi) is 4.27. The predicted octanol–water partition coefficient (Wildman–Crippen LogP) is 1.05. The van der Waals surface area contributed by atoms with E-state index in [2.05, 4.69) is 20.2 Å². The number of aromatic amines is 1. The van der Waals surface area contributed by atoms with Gasteiger partial charge in [0.2, 0.25) is 10.0 Å². The molecule has 1 fully saturated rings. The maximum atomic E-state index is 12.4. The van der Waals surface area contributed by atoms with Crippen molar-refractivity contribution in [2.24, 2.45) is 0 Å². The van der Waals surface area contributed by atoms with E-state index in [1.807, 2.05) is 13.8 Å². The summed E-state index contributed by atoms with van der Waals surface area (Å²) in [5.74, 6) is 0. The van der Waals surface area contributed by atoms with Crippen molar-refractivity contribution < 1.29 is 8.42 Å². The van der Waals surface area contributed by atoms with E-state index in [0.717, 1.165) is 19.3 Å². The highest BCUT2D eigenvalue weighted by molar-refractivity contribution is 7.89. The van der Waals surface area contributed by atoms with Gasteiger partial charge < -0.3 is 5.32 Å². The van der Waals surface area contributed by atoms with Gasteiger partial charge in [0.05, 0.1) is 11.4 Å². The molecule has 0 atom stereocenters. The van der Waals surface area contributed by atoms with Crippen molar-refractivity contribution >= 4 is 10.0 Å². The first-order valence-electron chi connectivity index (χ1n) is 6.69. The fourth-order valence-corrected chi connectivity index (χ4v) is 3.72. The SMILES string of the molecule is Cc1[nH]nc(CNC(C)C)c1S(=O)(=O)NC1CCC1. The third kappa shape index (κ3) is 3.34. The lowest BCUT2D eigenvalue weighted by atomic mass is 9.94. The van der Waals surface area contributed by atoms with Crippen molar-refractivity contribution in [3.8, 4) is 0 Å². The molecule has 0 radical (unpaired) electrons. The van der Waals surface area contributed by atoms with Gasteiger partial charge in [0.1, 0.15) is 4.90 Å². The Bertz CT molecular complexity index is 532. The van der Waals surface area contributed by atoms with E-state index in [4.69, 9.17) is 0 Å². The van der Waals surface area contributed by atoms with E-state index < -0.39 is 10.0 Å². The molecule has 6 nitrogen and oxygen atoms in total. The summed E-state index contributed by atoms with van der Waals surface area (Å²) in [6.07, 6.45) is 2.95. The maximum absolute atomic E-state index is 12.4. The molecule has 3 N–H and O–H groups in total. The molecule has 7 heteroatoms. The zero-order valence-electron chi connectivity index (χ0n) is 11.7. The Morgan fingerprint density at radius 3 is 2.63 bits per heavy atom. The second-order valence-corrected chi connectivity index (χ2v) is 7.06. The van der Waals surface area contributed by atoms with Crippen LogP contribution in [0.1, 0.15) is 44.5 Å². The molecule has 0 unspecified atom stereocenters. The lowest BCUT2D eigenvalue weighted by Gasteiger charge is -2.26. The molecular formula is C12H22N4O2S. The lowest BCUT2D eigenvalue weighted by molar-refractivity contribution is 0.383. The van der Waals surface area contributed by atoms with Crippen LogP contribution >= 0.6 is 0 Å². The lowest BCUT2D eigenvalue weighted by Crippen LogP contribution is -2.40. The van der Waals surface area contributed by atoms with E-state index >= 15 is 0 Å². The van der Waals surface area contributed by atoms with Gasteiger partial charge in [0.15, 0.2) is 0 Å². The van der Waals surface area contributed by atoms with Gasteiger partial charge in [0, 0.05) is 18.6 Å². The van der Waals surface area contributed by atoms with Crippen LogP contribution in [-0.2, 0) is 16.6 Å². The normalized spacial score (nSPS) is 16.8.